The molecule has 10 heteroatoms. The van der Waals surface area contributed by atoms with Crippen molar-refractivity contribution in [2.45, 2.75) is 25.6 Å². The fourth-order valence-electron chi connectivity index (χ4n) is 3.32. The molecule has 1 saturated heterocycles. The molecule has 1 aromatic carbocycles. The summed E-state index contributed by atoms with van der Waals surface area (Å²) in [7, 11) is 0. The molecule has 2 aromatic heterocycles. The summed E-state index contributed by atoms with van der Waals surface area (Å²) in [6.07, 6.45) is -2.36. The van der Waals surface area contributed by atoms with E-state index in [1.165, 1.54) is 6.07 Å². The maximum absolute atomic E-state index is 13.4. The monoisotopic (exact) mass is 414 g/mol. The van der Waals surface area contributed by atoms with Crippen LogP contribution in [0.1, 0.15) is 29.8 Å². The predicted octanol–water partition coefficient (Wildman–Crippen LogP) is 3.94. The standard InChI is InChI=1S/C20H17F3N6O/c21-20(22,23)14-8-13(19-17(11-24)26-28-27-19)9-16(10-14)30-12-15-4-3-5-18(25-15)29-6-1-2-7-29/h3-5,8-10H,1-2,6-7,12H2,(H,26,27,28). The highest BCUT2D eigenvalue weighted by molar-refractivity contribution is 5.67. The van der Waals surface area contributed by atoms with E-state index in [-0.39, 0.29) is 29.3 Å². The van der Waals surface area contributed by atoms with Gasteiger partial charge in [0.25, 0.3) is 0 Å². The lowest BCUT2D eigenvalue weighted by molar-refractivity contribution is -0.137. The van der Waals surface area contributed by atoms with E-state index < -0.39 is 11.7 Å². The summed E-state index contributed by atoms with van der Waals surface area (Å²) in [5, 5.41) is 18.8. The largest absolute Gasteiger partial charge is 0.487 e. The number of nitrogens with zero attached hydrogens (tertiary/aromatic N) is 5. The molecule has 4 rings (SSSR count). The molecule has 0 unspecified atom stereocenters. The summed E-state index contributed by atoms with van der Waals surface area (Å²) in [5.41, 5.74) is -0.273. The van der Waals surface area contributed by atoms with Gasteiger partial charge in [-0.15, -0.1) is 5.10 Å². The summed E-state index contributed by atoms with van der Waals surface area (Å²) < 4.78 is 45.8. The first-order valence-corrected chi connectivity index (χ1v) is 9.31. The lowest BCUT2D eigenvalue weighted by atomic mass is 10.1. The van der Waals surface area contributed by atoms with Crippen molar-refractivity contribution < 1.29 is 17.9 Å². The molecule has 0 aliphatic carbocycles. The van der Waals surface area contributed by atoms with Crippen LogP contribution < -0.4 is 9.64 Å². The highest BCUT2D eigenvalue weighted by Crippen LogP contribution is 2.36. The van der Waals surface area contributed by atoms with Crippen molar-refractivity contribution in [3.05, 3.63) is 53.3 Å². The topological polar surface area (TPSA) is 90.7 Å². The van der Waals surface area contributed by atoms with E-state index in [1.54, 1.807) is 12.1 Å². The van der Waals surface area contributed by atoms with Crippen LogP contribution in [-0.4, -0.2) is 33.5 Å². The van der Waals surface area contributed by atoms with Crippen molar-refractivity contribution in [3.63, 3.8) is 0 Å². The average Bonchev–Trinajstić information content (AvgIpc) is 3.43. The number of nitrogens with one attached hydrogen (secondary N) is 1. The molecular formula is C20H17F3N6O. The normalized spacial score (nSPS) is 14.0. The zero-order valence-corrected chi connectivity index (χ0v) is 15.8. The van der Waals surface area contributed by atoms with Gasteiger partial charge in [-0.2, -0.15) is 28.7 Å². The smallest absolute Gasteiger partial charge is 0.416 e. The Morgan fingerprint density at radius 2 is 1.93 bits per heavy atom. The number of aromatic nitrogens is 4. The van der Waals surface area contributed by atoms with Gasteiger partial charge in [-0.05, 0) is 43.2 Å². The van der Waals surface area contributed by atoms with Crippen molar-refractivity contribution in [3.8, 4) is 23.1 Å². The van der Waals surface area contributed by atoms with Crippen LogP contribution in [-0.2, 0) is 12.8 Å². The van der Waals surface area contributed by atoms with Crippen LogP contribution in [0.15, 0.2) is 36.4 Å². The first-order chi connectivity index (χ1) is 14.4. The van der Waals surface area contributed by atoms with Crippen molar-refractivity contribution >= 4 is 5.82 Å². The van der Waals surface area contributed by atoms with Gasteiger partial charge in [0.2, 0.25) is 0 Å². The van der Waals surface area contributed by atoms with Gasteiger partial charge in [-0.1, -0.05) is 6.07 Å². The zero-order chi connectivity index (χ0) is 21.1. The number of halogens is 3. The second kappa shape index (κ2) is 8.02. The van der Waals surface area contributed by atoms with E-state index in [2.05, 4.69) is 25.3 Å². The molecule has 3 aromatic rings. The van der Waals surface area contributed by atoms with Gasteiger partial charge < -0.3 is 9.64 Å². The number of benzene rings is 1. The second-order valence-electron chi connectivity index (χ2n) is 6.85. The maximum atomic E-state index is 13.4. The number of hydrogen-bond donors (Lipinski definition) is 1. The molecule has 154 valence electrons. The summed E-state index contributed by atoms with van der Waals surface area (Å²) in [6, 6.07) is 10.6. The molecule has 0 radical (unpaired) electrons. The molecule has 7 nitrogen and oxygen atoms in total. The molecule has 1 aliphatic heterocycles. The molecule has 30 heavy (non-hydrogen) atoms. The summed E-state index contributed by atoms with van der Waals surface area (Å²) in [4.78, 5) is 6.72. The van der Waals surface area contributed by atoms with Crippen LogP contribution in [0.4, 0.5) is 19.0 Å². The molecule has 0 spiro atoms. The minimum absolute atomic E-state index is 0.0000837. The lowest BCUT2D eigenvalue weighted by Gasteiger charge is -2.17. The van der Waals surface area contributed by atoms with E-state index in [1.807, 2.05) is 12.1 Å². The van der Waals surface area contributed by atoms with Crippen LogP contribution in [0.2, 0.25) is 0 Å². The second-order valence-corrected chi connectivity index (χ2v) is 6.85. The SMILES string of the molecule is N#Cc1n[nH]nc1-c1cc(OCc2cccc(N3CCCC3)n2)cc(C(F)(F)F)c1. The van der Waals surface area contributed by atoms with Gasteiger partial charge >= 0.3 is 6.18 Å². The molecule has 1 N–H and O–H groups in total. The van der Waals surface area contributed by atoms with Gasteiger partial charge in [-0.25, -0.2) is 4.98 Å². The predicted molar refractivity (Wildman–Crippen MR) is 102 cm³/mol. The quantitative estimate of drug-likeness (QED) is 0.680. The number of H-pyrrole nitrogens is 1. The van der Waals surface area contributed by atoms with Crippen molar-refractivity contribution in [2.24, 2.45) is 0 Å². The van der Waals surface area contributed by atoms with Gasteiger partial charge in [0.1, 0.15) is 29.9 Å². The Balaban J connectivity index is 1.60. The fourth-order valence-corrected chi connectivity index (χ4v) is 3.32. The van der Waals surface area contributed by atoms with Gasteiger partial charge in [0, 0.05) is 18.7 Å². The number of pyridine rings is 1. The third kappa shape index (κ3) is 4.20. The van der Waals surface area contributed by atoms with Crippen LogP contribution >= 0.6 is 0 Å². The molecule has 3 heterocycles. The number of hydrogen-bond acceptors (Lipinski definition) is 6. The highest BCUT2D eigenvalue weighted by Gasteiger charge is 2.32. The number of alkyl halides is 3. The van der Waals surface area contributed by atoms with Crippen LogP contribution in [0.25, 0.3) is 11.3 Å². The Bertz CT molecular complexity index is 1080. The first kappa shape index (κ1) is 19.7. The third-order valence-corrected chi connectivity index (χ3v) is 4.77. The van der Waals surface area contributed by atoms with Crippen molar-refractivity contribution in [1.29, 1.82) is 5.26 Å². The fraction of sp³-hybridized carbons (Fsp3) is 0.300. The maximum Gasteiger partial charge on any atom is 0.416 e. The molecule has 0 atom stereocenters. The minimum Gasteiger partial charge on any atom is -0.487 e. The number of nitriles is 1. The number of ether oxygens (including phenoxy) is 1. The Kier molecular flexibility index (Phi) is 5.27. The van der Waals surface area contributed by atoms with E-state index >= 15 is 0 Å². The van der Waals surface area contributed by atoms with Crippen molar-refractivity contribution in [2.75, 3.05) is 18.0 Å². The number of anilines is 1. The molecular weight excluding hydrogens is 397 g/mol. The number of aromatic amines is 1. The average molecular weight is 414 g/mol. The summed E-state index contributed by atoms with van der Waals surface area (Å²) in [6.45, 7) is 1.88. The highest BCUT2D eigenvalue weighted by atomic mass is 19.4. The van der Waals surface area contributed by atoms with Crippen LogP contribution in [0, 0.1) is 11.3 Å². The van der Waals surface area contributed by atoms with Gasteiger partial charge in [0.15, 0.2) is 5.69 Å². The minimum atomic E-state index is -4.58. The molecule has 0 amide bonds. The Morgan fingerprint density at radius 1 is 1.13 bits per heavy atom. The van der Waals surface area contributed by atoms with E-state index in [4.69, 9.17) is 10.00 Å². The molecule has 1 aliphatic rings. The van der Waals surface area contributed by atoms with Crippen molar-refractivity contribution in [1.82, 2.24) is 20.4 Å². The summed E-state index contributed by atoms with van der Waals surface area (Å²) in [5.74, 6) is 0.833. The van der Waals surface area contributed by atoms with Crippen LogP contribution in [0.5, 0.6) is 5.75 Å². The molecule has 0 bridgehead atoms. The van der Waals surface area contributed by atoms with Gasteiger partial charge in [-0.3, -0.25) is 0 Å². The van der Waals surface area contributed by atoms with E-state index in [9.17, 15) is 13.2 Å². The number of rotatable bonds is 5. The summed E-state index contributed by atoms with van der Waals surface area (Å²) >= 11 is 0. The molecule has 1 fully saturated rings. The zero-order valence-electron chi connectivity index (χ0n) is 15.8. The van der Waals surface area contributed by atoms with E-state index in [0.29, 0.717) is 5.69 Å². The Labute approximate surface area is 170 Å². The lowest BCUT2D eigenvalue weighted by Crippen LogP contribution is -2.19. The third-order valence-electron chi connectivity index (χ3n) is 4.77. The van der Waals surface area contributed by atoms with Gasteiger partial charge in [0.05, 0.1) is 11.3 Å². The first-order valence-electron chi connectivity index (χ1n) is 9.31. The van der Waals surface area contributed by atoms with E-state index in [0.717, 1.165) is 43.9 Å². The van der Waals surface area contributed by atoms with Crippen LogP contribution in [0.3, 0.4) is 0 Å². The molecule has 0 saturated carbocycles. The Morgan fingerprint density at radius 3 is 2.67 bits per heavy atom. The Hall–Kier alpha value is -3.61.